The lowest BCUT2D eigenvalue weighted by Gasteiger charge is -2.27. The molecule has 0 aliphatic carbocycles. The van der Waals surface area contributed by atoms with Crippen LogP contribution in [0.4, 0.5) is 0 Å². The summed E-state index contributed by atoms with van der Waals surface area (Å²) in [5.41, 5.74) is 3.48. The fraction of sp³-hybridized carbons (Fsp3) is 0.333. The quantitative estimate of drug-likeness (QED) is 0.883. The van der Waals surface area contributed by atoms with E-state index >= 15 is 0 Å². The second-order valence-corrected chi connectivity index (χ2v) is 5.62. The van der Waals surface area contributed by atoms with Crippen molar-refractivity contribution in [3.63, 3.8) is 0 Å². The minimum Gasteiger partial charge on any atom is -0.508 e. The molecule has 20 heavy (non-hydrogen) atoms. The number of phenols is 1. The van der Waals surface area contributed by atoms with Crippen LogP contribution in [0.25, 0.3) is 0 Å². The van der Waals surface area contributed by atoms with Crippen LogP contribution in [0.5, 0.6) is 5.75 Å². The Morgan fingerprint density at radius 3 is 2.35 bits per heavy atom. The zero-order valence-corrected chi connectivity index (χ0v) is 12.5. The molecule has 0 spiro atoms. The molecule has 0 atom stereocenters. The topological polar surface area (TPSA) is 23.5 Å². The van der Waals surface area contributed by atoms with Gasteiger partial charge in [0.15, 0.2) is 0 Å². The van der Waals surface area contributed by atoms with E-state index in [9.17, 15) is 5.11 Å². The SMILES string of the molecule is Cc1ccc(O)c(CN(Cc2ccccc2)C(C)C)c1. The van der Waals surface area contributed by atoms with E-state index in [4.69, 9.17) is 0 Å². The summed E-state index contributed by atoms with van der Waals surface area (Å²) in [5, 5.41) is 10.0. The molecule has 0 amide bonds. The second kappa shape index (κ2) is 6.58. The number of aromatic hydroxyl groups is 1. The smallest absolute Gasteiger partial charge is 0.120 e. The molecule has 2 rings (SSSR count). The van der Waals surface area contributed by atoms with E-state index in [2.05, 4.69) is 56.0 Å². The Bertz CT molecular complexity index is 549. The van der Waals surface area contributed by atoms with Crippen LogP contribution in [-0.4, -0.2) is 16.0 Å². The van der Waals surface area contributed by atoms with E-state index in [1.165, 1.54) is 11.1 Å². The molecule has 0 unspecified atom stereocenters. The van der Waals surface area contributed by atoms with Crippen molar-refractivity contribution in [2.75, 3.05) is 0 Å². The average Bonchev–Trinajstić information content (AvgIpc) is 2.43. The van der Waals surface area contributed by atoms with E-state index in [1.54, 1.807) is 6.07 Å². The van der Waals surface area contributed by atoms with E-state index in [-0.39, 0.29) is 0 Å². The summed E-state index contributed by atoms with van der Waals surface area (Å²) in [7, 11) is 0. The molecule has 0 aromatic heterocycles. The highest BCUT2D eigenvalue weighted by Crippen LogP contribution is 2.22. The fourth-order valence-corrected chi connectivity index (χ4v) is 2.30. The highest BCUT2D eigenvalue weighted by atomic mass is 16.3. The molecule has 2 heteroatoms. The molecule has 2 aromatic rings. The highest BCUT2D eigenvalue weighted by molar-refractivity contribution is 5.35. The Balaban J connectivity index is 2.15. The molecule has 106 valence electrons. The third-order valence-corrected chi connectivity index (χ3v) is 3.57. The number of hydrogen-bond donors (Lipinski definition) is 1. The van der Waals surface area contributed by atoms with Crippen molar-refractivity contribution in [3.8, 4) is 5.75 Å². The van der Waals surface area contributed by atoms with Gasteiger partial charge in [-0.2, -0.15) is 0 Å². The zero-order valence-electron chi connectivity index (χ0n) is 12.5. The van der Waals surface area contributed by atoms with Gasteiger partial charge in [0.25, 0.3) is 0 Å². The summed E-state index contributed by atoms with van der Waals surface area (Å²) in [6, 6.07) is 16.7. The Labute approximate surface area is 121 Å². The number of aryl methyl sites for hydroxylation is 1. The molecule has 1 N–H and O–H groups in total. The van der Waals surface area contributed by atoms with Gasteiger partial charge in [-0.15, -0.1) is 0 Å². The third-order valence-electron chi connectivity index (χ3n) is 3.57. The van der Waals surface area contributed by atoms with Crippen molar-refractivity contribution in [2.45, 2.75) is 39.9 Å². The number of nitrogens with zero attached hydrogens (tertiary/aromatic N) is 1. The van der Waals surface area contributed by atoms with Crippen LogP contribution in [0, 0.1) is 6.92 Å². The highest BCUT2D eigenvalue weighted by Gasteiger charge is 2.13. The van der Waals surface area contributed by atoms with Crippen molar-refractivity contribution in [1.82, 2.24) is 4.90 Å². The molecule has 2 nitrogen and oxygen atoms in total. The number of rotatable bonds is 5. The number of hydrogen-bond acceptors (Lipinski definition) is 2. The van der Waals surface area contributed by atoms with Gasteiger partial charge in [-0.25, -0.2) is 0 Å². The normalized spacial score (nSPS) is 11.2. The molecule has 0 aliphatic heterocycles. The molecule has 0 aliphatic rings. The average molecular weight is 269 g/mol. The summed E-state index contributed by atoms with van der Waals surface area (Å²) >= 11 is 0. The predicted molar refractivity (Wildman–Crippen MR) is 83.7 cm³/mol. The van der Waals surface area contributed by atoms with Gasteiger partial charge in [0.1, 0.15) is 5.75 Å². The summed E-state index contributed by atoms with van der Waals surface area (Å²) in [6.07, 6.45) is 0. The van der Waals surface area contributed by atoms with E-state index in [1.807, 2.05) is 12.1 Å². The van der Waals surface area contributed by atoms with Gasteiger partial charge in [0.05, 0.1) is 0 Å². The van der Waals surface area contributed by atoms with E-state index in [0.717, 1.165) is 18.7 Å². The maximum atomic E-state index is 10.0. The Kier molecular flexibility index (Phi) is 4.80. The van der Waals surface area contributed by atoms with Crippen LogP contribution in [-0.2, 0) is 13.1 Å². The maximum absolute atomic E-state index is 10.0. The first-order chi connectivity index (χ1) is 9.56. The standard InChI is InChI=1S/C18H23NO/c1-14(2)19(12-16-7-5-4-6-8-16)13-17-11-15(3)9-10-18(17)20/h4-11,14,20H,12-13H2,1-3H3. The molecule has 0 heterocycles. The third kappa shape index (κ3) is 3.84. The van der Waals surface area contributed by atoms with Gasteiger partial charge in [0, 0.05) is 24.7 Å². The van der Waals surface area contributed by atoms with Crippen molar-refractivity contribution >= 4 is 0 Å². The predicted octanol–water partition coefficient (Wildman–Crippen LogP) is 4.11. The first-order valence-electron chi connectivity index (χ1n) is 7.12. The van der Waals surface area contributed by atoms with Crippen molar-refractivity contribution in [2.24, 2.45) is 0 Å². The molecular formula is C18H23NO. The van der Waals surface area contributed by atoms with Crippen molar-refractivity contribution in [3.05, 3.63) is 65.2 Å². The summed E-state index contributed by atoms with van der Waals surface area (Å²) in [5.74, 6) is 0.384. The Morgan fingerprint density at radius 2 is 1.70 bits per heavy atom. The van der Waals surface area contributed by atoms with Crippen LogP contribution in [0.15, 0.2) is 48.5 Å². The minimum absolute atomic E-state index is 0.384. The molecule has 2 aromatic carbocycles. The lowest BCUT2D eigenvalue weighted by Crippen LogP contribution is -2.29. The Morgan fingerprint density at radius 1 is 1.00 bits per heavy atom. The lowest BCUT2D eigenvalue weighted by atomic mass is 10.1. The molecule has 0 fully saturated rings. The lowest BCUT2D eigenvalue weighted by molar-refractivity contribution is 0.201. The fourth-order valence-electron chi connectivity index (χ4n) is 2.30. The summed E-state index contributed by atoms with van der Waals surface area (Å²) in [4.78, 5) is 2.36. The van der Waals surface area contributed by atoms with Gasteiger partial charge >= 0.3 is 0 Å². The van der Waals surface area contributed by atoms with E-state index in [0.29, 0.717) is 11.8 Å². The van der Waals surface area contributed by atoms with Gasteiger partial charge < -0.3 is 5.11 Å². The summed E-state index contributed by atoms with van der Waals surface area (Å²) in [6.45, 7) is 8.09. The molecular weight excluding hydrogens is 246 g/mol. The van der Waals surface area contributed by atoms with Gasteiger partial charge in [-0.05, 0) is 32.4 Å². The van der Waals surface area contributed by atoms with Gasteiger partial charge in [-0.3, -0.25) is 4.90 Å². The maximum Gasteiger partial charge on any atom is 0.120 e. The number of benzene rings is 2. The Hall–Kier alpha value is -1.80. The molecule has 0 saturated carbocycles. The second-order valence-electron chi connectivity index (χ2n) is 5.62. The van der Waals surface area contributed by atoms with Gasteiger partial charge in [-0.1, -0.05) is 48.0 Å². The van der Waals surface area contributed by atoms with Crippen LogP contribution in [0.2, 0.25) is 0 Å². The molecule has 0 bridgehead atoms. The molecule has 0 radical (unpaired) electrons. The number of phenolic OH excluding ortho intramolecular Hbond substituents is 1. The van der Waals surface area contributed by atoms with Crippen LogP contribution in [0.3, 0.4) is 0 Å². The van der Waals surface area contributed by atoms with Crippen LogP contribution < -0.4 is 0 Å². The van der Waals surface area contributed by atoms with Crippen molar-refractivity contribution < 1.29 is 5.11 Å². The monoisotopic (exact) mass is 269 g/mol. The zero-order chi connectivity index (χ0) is 14.5. The molecule has 0 saturated heterocycles. The van der Waals surface area contributed by atoms with Crippen molar-refractivity contribution in [1.29, 1.82) is 0 Å². The largest absolute Gasteiger partial charge is 0.508 e. The first-order valence-corrected chi connectivity index (χ1v) is 7.12. The van der Waals surface area contributed by atoms with Gasteiger partial charge in [0.2, 0.25) is 0 Å². The van der Waals surface area contributed by atoms with E-state index < -0.39 is 0 Å². The summed E-state index contributed by atoms with van der Waals surface area (Å²) < 4.78 is 0. The first kappa shape index (κ1) is 14.6. The van der Waals surface area contributed by atoms with Crippen LogP contribution >= 0.6 is 0 Å². The minimum atomic E-state index is 0.384. The van der Waals surface area contributed by atoms with Crippen LogP contribution in [0.1, 0.15) is 30.5 Å².